The quantitative estimate of drug-likeness (QED) is 0.495. The van der Waals surface area contributed by atoms with Crippen LogP contribution in [0.15, 0.2) is 35.9 Å². The van der Waals surface area contributed by atoms with E-state index in [4.69, 9.17) is 16.3 Å². The number of rotatable bonds is 5. The molecule has 0 unspecified atom stereocenters. The molecule has 11 heteroatoms. The van der Waals surface area contributed by atoms with Crippen molar-refractivity contribution in [3.05, 3.63) is 46.7 Å². The number of methoxy groups -OCH3 is 1. The Balaban J connectivity index is 1.60. The maximum Gasteiger partial charge on any atom is 0.318 e. The molecule has 0 fully saturated rings. The zero-order chi connectivity index (χ0) is 21.3. The number of hydrogen-bond donors (Lipinski definition) is 4. The molecule has 0 radical (unpaired) electrons. The number of anilines is 2. The first kappa shape index (κ1) is 19.8. The predicted octanol–water partition coefficient (Wildman–Crippen LogP) is 3.05. The zero-order valence-electron chi connectivity index (χ0n) is 16.7. The molecule has 0 saturated heterocycles. The fourth-order valence-electron chi connectivity index (χ4n) is 3.21. The highest BCUT2D eigenvalue weighted by molar-refractivity contribution is 6.38. The first-order valence-electron chi connectivity index (χ1n) is 9.26. The summed E-state index contributed by atoms with van der Waals surface area (Å²) in [4.78, 5) is 16.2. The third-order valence-corrected chi connectivity index (χ3v) is 5.22. The molecule has 10 nitrogen and oxygen atoms in total. The van der Waals surface area contributed by atoms with Gasteiger partial charge in [-0.1, -0.05) is 11.6 Å². The van der Waals surface area contributed by atoms with Crippen molar-refractivity contribution in [3.63, 3.8) is 0 Å². The van der Waals surface area contributed by atoms with Crippen LogP contribution < -0.4 is 16.0 Å². The third kappa shape index (κ3) is 3.69. The highest BCUT2D eigenvalue weighted by Crippen LogP contribution is 2.33. The van der Waals surface area contributed by atoms with Gasteiger partial charge in [-0.15, -0.1) is 5.10 Å². The van der Waals surface area contributed by atoms with Gasteiger partial charge in [-0.05, 0) is 31.1 Å². The standard InChI is InChI=1S/C19H21ClN8O2/c1-21-19(29)24-13-5-4-10(8-15(13)30-3)17-25-18(28(2)27-17)23-14-7-6-12-11(16(14)20)9-22-26-12/h6-9H,4-5H2,1-3H3,(H,22,26)(H2,21,24,29)(H,23,25,27). The molecule has 3 aromatic rings. The summed E-state index contributed by atoms with van der Waals surface area (Å²) in [6.45, 7) is 0. The van der Waals surface area contributed by atoms with Gasteiger partial charge in [-0.25, -0.2) is 9.48 Å². The number of amides is 2. The van der Waals surface area contributed by atoms with Crippen LogP contribution >= 0.6 is 11.6 Å². The molecule has 2 amide bonds. The second-order valence-electron chi connectivity index (χ2n) is 6.69. The number of ether oxygens (including phenoxy) is 1. The Morgan fingerprint density at radius 1 is 1.33 bits per heavy atom. The average molecular weight is 429 g/mol. The van der Waals surface area contributed by atoms with Gasteiger partial charge in [-0.3, -0.25) is 5.10 Å². The van der Waals surface area contributed by atoms with Gasteiger partial charge >= 0.3 is 6.03 Å². The molecule has 2 aromatic heterocycles. The maximum absolute atomic E-state index is 11.6. The Morgan fingerprint density at radius 2 is 2.17 bits per heavy atom. The van der Waals surface area contributed by atoms with E-state index in [1.807, 2.05) is 18.2 Å². The van der Waals surface area contributed by atoms with Gasteiger partial charge in [-0.2, -0.15) is 10.1 Å². The van der Waals surface area contributed by atoms with E-state index in [0.29, 0.717) is 41.1 Å². The molecule has 1 aromatic carbocycles. The van der Waals surface area contributed by atoms with Crippen LogP contribution in [-0.2, 0) is 11.8 Å². The van der Waals surface area contributed by atoms with Crippen LogP contribution in [0.4, 0.5) is 16.4 Å². The molecule has 0 bridgehead atoms. The largest absolute Gasteiger partial charge is 0.495 e. The molecule has 0 atom stereocenters. The number of aromatic nitrogens is 5. The predicted molar refractivity (Wildman–Crippen MR) is 114 cm³/mol. The van der Waals surface area contributed by atoms with Gasteiger partial charge in [0.2, 0.25) is 5.95 Å². The van der Waals surface area contributed by atoms with E-state index in [1.165, 1.54) is 0 Å². The summed E-state index contributed by atoms with van der Waals surface area (Å²) < 4.78 is 7.09. The van der Waals surface area contributed by atoms with E-state index in [-0.39, 0.29) is 6.03 Å². The minimum absolute atomic E-state index is 0.287. The number of carbonyl (C=O) groups excluding carboxylic acids is 1. The molecular weight excluding hydrogens is 408 g/mol. The number of carbonyl (C=O) groups is 1. The smallest absolute Gasteiger partial charge is 0.318 e. The van der Waals surface area contributed by atoms with Gasteiger partial charge in [0.25, 0.3) is 0 Å². The van der Waals surface area contributed by atoms with Crippen LogP contribution in [0.2, 0.25) is 5.02 Å². The lowest BCUT2D eigenvalue weighted by molar-refractivity contribution is 0.243. The number of aryl methyl sites for hydroxylation is 1. The van der Waals surface area contributed by atoms with Gasteiger partial charge in [0.15, 0.2) is 5.82 Å². The molecule has 1 aliphatic carbocycles. The first-order chi connectivity index (χ1) is 14.5. The Bertz CT molecular complexity index is 1180. The normalized spacial score (nSPS) is 13.9. The summed E-state index contributed by atoms with van der Waals surface area (Å²) >= 11 is 6.49. The SMILES string of the molecule is CNC(=O)NC1=C(OC)C=C(c2nc(Nc3ccc4[nH]ncc4c3Cl)n(C)n2)CC1. The Morgan fingerprint density at radius 3 is 2.93 bits per heavy atom. The van der Waals surface area contributed by atoms with Crippen molar-refractivity contribution in [2.24, 2.45) is 7.05 Å². The van der Waals surface area contributed by atoms with E-state index < -0.39 is 0 Å². The van der Waals surface area contributed by atoms with Crippen molar-refractivity contribution in [3.8, 4) is 0 Å². The number of halogens is 1. The molecule has 0 spiro atoms. The molecule has 4 N–H and O–H groups in total. The van der Waals surface area contributed by atoms with E-state index in [2.05, 4.69) is 36.2 Å². The van der Waals surface area contributed by atoms with Crippen LogP contribution in [0, 0.1) is 0 Å². The fraction of sp³-hybridized carbons (Fsp3) is 0.263. The van der Waals surface area contributed by atoms with Crippen molar-refractivity contribution < 1.29 is 9.53 Å². The lowest BCUT2D eigenvalue weighted by Crippen LogP contribution is -2.33. The average Bonchev–Trinajstić information content (AvgIpc) is 3.37. The number of H-pyrrole nitrogens is 1. The second-order valence-corrected chi connectivity index (χ2v) is 7.06. The number of allylic oxidation sites excluding steroid dienone is 3. The number of fused-ring (bicyclic) bond motifs is 1. The molecular formula is C19H21ClN8O2. The van der Waals surface area contributed by atoms with E-state index >= 15 is 0 Å². The summed E-state index contributed by atoms with van der Waals surface area (Å²) in [6.07, 6.45) is 4.79. The summed E-state index contributed by atoms with van der Waals surface area (Å²) in [5.41, 5.74) is 3.20. The monoisotopic (exact) mass is 428 g/mol. The lowest BCUT2D eigenvalue weighted by Gasteiger charge is -2.18. The van der Waals surface area contributed by atoms with E-state index in [1.54, 1.807) is 32.1 Å². The minimum atomic E-state index is -0.287. The minimum Gasteiger partial charge on any atom is -0.495 e. The van der Waals surface area contributed by atoms with Crippen LogP contribution in [0.5, 0.6) is 0 Å². The molecule has 2 heterocycles. The van der Waals surface area contributed by atoms with Crippen LogP contribution in [-0.4, -0.2) is 45.2 Å². The highest BCUT2D eigenvalue weighted by Gasteiger charge is 2.21. The number of nitrogens with one attached hydrogen (secondary N) is 4. The Kier molecular flexibility index (Phi) is 5.32. The summed E-state index contributed by atoms with van der Waals surface area (Å²) in [5.74, 6) is 1.71. The Labute approximate surface area is 177 Å². The first-order valence-corrected chi connectivity index (χ1v) is 9.64. The van der Waals surface area contributed by atoms with E-state index in [0.717, 1.165) is 22.2 Å². The molecule has 4 rings (SSSR count). The number of urea groups is 1. The molecule has 1 aliphatic rings. The number of benzene rings is 1. The summed E-state index contributed by atoms with van der Waals surface area (Å²) in [7, 11) is 4.93. The third-order valence-electron chi connectivity index (χ3n) is 4.81. The molecule has 0 aliphatic heterocycles. The number of hydrogen-bond acceptors (Lipinski definition) is 6. The van der Waals surface area contributed by atoms with Crippen molar-refractivity contribution >= 4 is 45.7 Å². The zero-order valence-corrected chi connectivity index (χ0v) is 17.5. The van der Waals surface area contributed by atoms with Crippen molar-refractivity contribution in [1.82, 2.24) is 35.6 Å². The molecule has 156 valence electrons. The Hall–Kier alpha value is -3.53. The fourth-order valence-corrected chi connectivity index (χ4v) is 3.47. The maximum atomic E-state index is 11.6. The van der Waals surface area contributed by atoms with Crippen LogP contribution in [0.1, 0.15) is 18.7 Å². The van der Waals surface area contributed by atoms with Crippen molar-refractivity contribution in [2.75, 3.05) is 19.5 Å². The van der Waals surface area contributed by atoms with Gasteiger partial charge in [0.05, 0.1) is 35.2 Å². The van der Waals surface area contributed by atoms with E-state index in [9.17, 15) is 4.79 Å². The van der Waals surface area contributed by atoms with Crippen molar-refractivity contribution in [2.45, 2.75) is 12.8 Å². The van der Waals surface area contributed by atoms with Gasteiger partial charge in [0, 0.05) is 25.1 Å². The van der Waals surface area contributed by atoms with Gasteiger partial charge in [0.1, 0.15) is 5.76 Å². The molecule has 30 heavy (non-hydrogen) atoms. The van der Waals surface area contributed by atoms with Gasteiger partial charge < -0.3 is 20.7 Å². The lowest BCUT2D eigenvalue weighted by atomic mass is 10.0. The highest BCUT2D eigenvalue weighted by atomic mass is 35.5. The number of nitrogens with zero attached hydrogens (tertiary/aromatic N) is 4. The topological polar surface area (TPSA) is 122 Å². The van der Waals surface area contributed by atoms with Crippen LogP contribution in [0.25, 0.3) is 16.5 Å². The second kappa shape index (κ2) is 8.07. The van der Waals surface area contributed by atoms with Crippen molar-refractivity contribution in [1.29, 1.82) is 0 Å². The summed E-state index contributed by atoms with van der Waals surface area (Å²) in [5, 5.41) is 21.4. The van der Waals surface area contributed by atoms with Crippen LogP contribution in [0.3, 0.4) is 0 Å². The number of aromatic amines is 1. The molecule has 0 saturated carbocycles. The summed E-state index contributed by atoms with van der Waals surface area (Å²) in [6, 6.07) is 3.47.